The number of hydrogen-bond acceptors (Lipinski definition) is 4. The van der Waals surface area contributed by atoms with E-state index in [1.54, 1.807) is 28.4 Å². The SMILES string of the molecule is CCOc1ccc(-c2cc3ccccn3c2C(=O)C(=O)Nc2cccc(SC)c2)cc1. The molecule has 0 unspecified atom stereocenters. The zero-order chi connectivity index (χ0) is 21.8. The van der Waals surface area contributed by atoms with Gasteiger partial charge in [-0.05, 0) is 67.3 Å². The number of Topliss-reactive ketones (excluding diaryl/α,β-unsaturated/α-hetero) is 1. The van der Waals surface area contributed by atoms with Gasteiger partial charge in [-0.3, -0.25) is 9.59 Å². The molecular formula is C25H22N2O3S. The second-order valence-electron chi connectivity index (χ2n) is 6.87. The first-order valence-corrected chi connectivity index (χ1v) is 11.2. The molecule has 0 bridgehead atoms. The second kappa shape index (κ2) is 9.10. The Balaban J connectivity index is 1.72. The van der Waals surface area contributed by atoms with Gasteiger partial charge in [-0.2, -0.15) is 0 Å². The topological polar surface area (TPSA) is 59.8 Å². The van der Waals surface area contributed by atoms with Crippen molar-refractivity contribution in [3.63, 3.8) is 0 Å². The fraction of sp³-hybridized carbons (Fsp3) is 0.120. The van der Waals surface area contributed by atoms with Crippen LogP contribution < -0.4 is 10.1 Å². The Morgan fingerprint density at radius 2 is 1.81 bits per heavy atom. The summed E-state index contributed by atoms with van der Waals surface area (Å²) in [6.07, 6.45) is 3.75. The average Bonchev–Trinajstić information content (AvgIpc) is 3.19. The molecule has 4 rings (SSSR count). The summed E-state index contributed by atoms with van der Waals surface area (Å²) in [6.45, 7) is 2.51. The van der Waals surface area contributed by atoms with E-state index in [-0.39, 0.29) is 0 Å². The molecule has 0 spiro atoms. The van der Waals surface area contributed by atoms with Crippen LogP contribution in [-0.4, -0.2) is 29.0 Å². The minimum atomic E-state index is -0.672. The molecule has 0 aliphatic carbocycles. The highest BCUT2D eigenvalue weighted by Crippen LogP contribution is 2.30. The third-order valence-corrected chi connectivity index (χ3v) is 5.63. The zero-order valence-electron chi connectivity index (χ0n) is 17.3. The standard InChI is InChI=1S/C25H22N2O3S/c1-3-30-20-12-10-17(11-13-20)22-16-19-8-4-5-14-27(19)23(22)24(28)25(29)26-18-7-6-9-21(15-18)31-2/h4-16H,3H2,1-2H3,(H,26,29). The van der Waals surface area contributed by atoms with Crippen molar-refractivity contribution in [2.75, 3.05) is 18.2 Å². The largest absolute Gasteiger partial charge is 0.494 e. The Morgan fingerprint density at radius 3 is 2.55 bits per heavy atom. The lowest BCUT2D eigenvalue weighted by Crippen LogP contribution is -2.24. The number of nitrogens with zero attached hydrogens (tertiary/aromatic N) is 1. The van der Waals surface area contributed by atoms with Gasteiger partial charge in [0.2, 0.25) is 0 Å². The van der Waals surface area contributed by atoms with Crippen LogP contribution in [0, 0.1) is 0 Å². The fourth-order valence-electron chi connectivity index (χ4n) is 3.47. The van der Waals surface area contributed by atoms with E-state index in [0.717, 1.165) is 21.7 Å². The summed E-state index contributed by atoms with van der Waals surface area (Å²) in [4.78, 5) is 27.2. The smallest absolute Gasteiger partial charge is 0.298 e. The number of anilines is 1. The highest BCUT2D eigenvalue weighted by molar-refractivity contribution is 7.98. The van der Waals surface area contributed by atoms with Crippen molar-refractivity contribution in [1.82, 2.24) is 4.40 Å². The van der Waals surface area contributed by atoms with E-state index < -0.39 is 11.7 Å². The number of carbonyl (C=O) groups excluding carboxylic acids is 2. The van der Waals surface area contributed by atoms with Gasteiger partial charge in [-0.1, -0.05) is 24.3 Å². The summed E-state index contributed by atoms with van der Waals surface area (Å²) in [7, 11) is 0. The molecule has 0 saturated heterocycles. The number of nitrogens with one attached hydrogen (secondary N) is 1. The molecule has 0 radical (unpaired) electrons. The van der Waals surface area contributed by atoms with E-state index in [9.17, 15) is 9.59 Å². The Morgan fingerprint density at radius 1 is 1.00 bits per heavy atom. The van der Waals surface area contributed by atoms with Crippen LogP contribution in [0.4, 0.5) is 5.69 Å². The Bertz CT molecular complexity index is 1250. The van der Waals surface area contributed by atoms with Crippen LogP contribution in [-0.2, 0) is 4.79 Å². The number of thioether (sulfide) groups is 1. The first-order chi connectivity index (χ1) is 15.1. The van der Waals surface area contributed by atoms with Gasteiger partial charge in [-0.25, -0.2) is 0 Å². The molecule has 1 amide bonds. The van der Waals surface area contributed by atoms with E-state index in [4.69, 9.17) is 4.74 Å². The third-order valence-electron chi connectivity index (χ3n) is 4.90. The maximum atomic E-state index is 13.3. The third kappa shape index (κ3) is 4.34. The van der Waals surface area contributed by atoms with Crippen molar-refractivity contribution in [2.45, 2.75) is 11.8 Å². The van der Waals surface area contributed by atoms with Crippen LogP contribution in [0.3, 0.4) is 0 Å². The molecule has 5 nitrogen and oxygen atoms in total. The molecule has 2 heterocycles. The molecule has 2 aromatic heterocycles. The van der Waals surface area contributed by atoms with E-state index in [2.05, 4.69) is 5.32 Å². The summed E-state index contributed by atoms with van der Waals surface area (Å²) in [5.74, 6) is -0.506. The average molecular weight is 431 g/mol. The van der Waals surface area contributed by atoms with E-state index in [1.807, 2.05) is 79.9 Å². The number of rotatable bonds is 7. The quantitative estimate of drug-likeness (QED) is 0.237. The van der Waals surface area contributed by atoms with Crippen LogP contribution in [0.5, 0.6) is 5.75 Å². The lowest BCUT2D eigenvalue weighted by molar-refractivity contribution is -0.112. The Labute approximate surface area is 185 Å². The number of benzene rings is 2. The number of aromatic nitrogens is 1. The first-order valence-electron chi connectivity index (χ1n) is 9.93. The molecule has 0 aliphatic heterocycles. The molecule has 31 heavy (non-hydrogen) atoms. The highest BCUT2D eigenvalue weighted by Gasteiger charge is 2.25. The van der Waals surface area contributed by atoms with Crippen LogP contribution >= 0.6 is 11.8 Å². The van der Waals surface area contributed by atoms with Crippen molar-refractivity contribution in [3.8, 4) is 16.9 Å². The van der Waals surface area contributed by atoms with Crippen molar-refractivity contribution in [3.05, 3.63) is 84.7 Å². The second-order valence-corrected chi connectivity index (χ2v) is 7.75. The molecule has 0 saturated carbocycles. The lowest BCUT2D eigenvalue weighted by Gasteiger charge is -2.09. The minimum Gasteiger partial charge on any atom is -0.494 e. The molecule has 6 heteroatoms. The van der Waals surface area contributed by atoms with Crippen LogP contribution in [0.2, 0.25) is 0 Å². The predicted octanol–water partition coefficient (Wildman–Crippen LogP) is 5.55. The fourth-order valence-corrected chi connectivity index (χ4v) is 3.93. The zero-order valence-corrected chi connectivity index (χ0v) is 18.1. The summed E-state index contributed by atoms with van der Waals surface area (Å²) in [6, 6.07) is 22.5. The number of carbonyl (C=O) groups is 2. The van der Waals surface area contributed by atoms with E-state index in [0.29, 0.717) is 23.6 Å². The number of pyridine rings is 1. The van der Waals surface area contributed by atoms with Crippen LogP contribution in [0.1, 0.15) is 17.4 Å². The molecule has 1 N–H and O–H groups in total. The molecule has 0 aliphatic rings. The molecule has 156 valence electrons. The lowest BCUT2D eigenvalue weighted by atomic mass is 10.0. The van der Waals surface area contributed by atoms with Crippen molar-refractivity contribution < 1.29 is 14.3 Å². The summed E-state index contributed by atoms with van der Waals surface area (Å²) in [5.41, 5.74) is 3.30. The highest BCUT2D eigenvalue weighted by atomic mass is 32.2. The number of ether oxygens (including phenoxy) is 1. The maximum absolute atomic E-state index is 13.3. The van der Waals surface area contributed by atoms with Crippen LogP contribution in [0.15, 0.2) is 83.9 Å². The van der Waals surface area contributed by atoms with Gasteiger partial charge in [0.05, 0.1) is 6.61 Å². The summed E-state index contributed by atoms with van der Waals surface area (Å²) in [5, 5.41) is 2.74. The molecule has 0 atom stereocenters. The van der Waals surface area contributed by atoms with Crippen molar-refractivity contribution in [2.24, 2.45) is 0 Å². The van der Waals surface area contributed by atoms with Crippen LogP contribution in [0.25, 0.3) is 16.6 Å². The summed E-state index contributed by atoms with van der Waals surface area (Å²) >= 11 is 1.57. The summed E-state index contributed by atoms with van der Waals surface area (Å²) < 4.78 is 7.27. The normalized spacial score (nSPS) is 10.8. The van der Waals surface area contributed by atoms with Gasteiger partial charge in [0.15, 0.2) is 0 Å². The van der Waals surface area contributed by atoms with Gasteiger partial charge in [-0.15, -0.1) is 11.8 Å². The van der Waals surface area contributed by atoms with Crippen molar-refractivity contribution >= 4 is 34.7 Å². The van der Waals surface area contributed by atoms with Gasteiger partial charge < -0.3 is 14.5 Å². The van der Waals surface area contributed by atoms with E-state index in [1.165, 1.54) is 0 Å². The molecular weight excluding hydrogens is 408 g/mol. The maximum Gasteiger partial charge on any atom is 0.298 e. The van der Waals surface area contributed by atoms with E-state index >= 15 is 0 Å². The molecule has 4 aromatic rings. The number of amides is 1. The minimum absolute atomic E-state index is 0.332. The van der Waals surface area contributed by atoms with Gasteiger partial charge in [0.25, 0.3) is 11.7 Å². The van der Waals surface area contributed by atoms with Gasteiger partial charge >= 0.3 is 0 Å². The monoisotopic (exact) mass is 430 g/mol. The number of ketones is 1. The van der Waals surface area contributed by atoms with Crippen molar-refractivity contribution in [1.29, 1.82) is 0 Å². The Hall–Kier alpha value is -3.51. The van der Waals surface area contributed by atoms with Gasteiger partial charge in [0, 0.05) is 27.9 Å². The number of hydrogen-bond donors (Lipinski definition) is 1. The first kappa shape index (κ1) is 20.8. The molecule has 2 aromatic carbocycles. The number of fused-ring (bicyclic) bond motifs is 1. The predicted molar refractivity (Wildman–Crippen MR) is 125 cm³/mol. The Kier molecular flexibility index (Phi) is 6.09. The van der Waals surface area contributed by atoms with Gasteiger partial charge in [0.1, 0.15) is 11.4 Å². The molecule has 0 fully saturated rings.